The van der Waals surface area contributed by atoms with Crippen molar-refractivity contribution in [3.05, 3.63) is 71.3 Å². The molecule has 0 radical (unpaired) electrons. The first-order valence-electron chi connectivity index (χ1n) is 8.27. The van der Waals surface area contributed by atoms with Crippen LogP contribution < -0.4 is 14.8 Å². The lowest BCUT2D eigenvalue weighted by atomic mass is 9.88. The largest absolute Gasteiger partial charge is 0.493 e. The first-order chi connectivity index (χ1) is 11.8. The van der Waals surface area contributed by atoms with Gasteiger partial charge in [0.25, 0.3) is 0 Å². The molecule has 1 N–H and O–H groups in total. The lowest BCUT2D eigenvalue weighted by molar-refractivity contribution is 0.348. The Hall–Kier alpha value is -2.52. The molecule has 0 amide bonds. The Morgan fingerprint density at radius 3 is 2.54 bits per heavy atom. The molecule has 1 unspecified atom stereocenters. The van der Waals surface area contributed by atoms with Gasteiger partial charge in [0.15, 0.2) is 11.5 Å². The van der Waals surface area contributed by atoms with Crippen LogP contribution in [0.2, 0.25) is 0 Å². The molecule has 0 saturated heterocycles. The molecule has 3 aromatic rings. The summed E-state index contributed by atoms with van der Waals surface area (Å²) in [6.45, 7) is 0.925. The van der Waals surface area contributed by atoms with Gasteiger partial charge in [-0.3, -0.25) is 0 Å². The highest BCUT2D eigenvalue weighted by Gasteiger charge is 2.25. The fourth-order valence-electron chi connectivity index (χ4n) is 3.67. The van der Waals surface area contributed by atoms with Crippen molar-refractivity contribution in [3.63, 3.8) is 0 Å². The second kappa shape index (κ2) is 6.17. The van der Waals surface area contributed by atoms with E-state index in [9.17, 15) is 0 Å². The molecule has 24 heavy (non-hydrogen) atoms. The van der Waals surface area contributed by atoms with Crippen molar-refractivity contribution in [2.24, 2.45) is 0 Å². The van der Waals surface area contributed by atoms with E-state index in [0.717, 1.165) is 24.5 Å². The molecule has 3 aromatic carbocycles. The third-order valence-corrected chi connectivity index (χ3v) is 4.83. The normalized spacial score (nSPS) is 16.7. The molecule has 1 aliphatic rings. The van der Waals surface area contributed by atoms with E-state index < -0.39 is 0 Å². The predicted molar refractivity (Wildman–Crippen MR) is 97.0 cm³/mol. The minimum Gasteiger partial charge on any atom is -0.493 e. The summed E-state index contributed by atoms with van der Waals surface area (Å²) < 4.78 is 11.1. The summed E-state index contributed by atoms with van der Waals surface area (Å²) in [6.07, 6.45) is 0.944. The molecule has 1 heterocycles. The van der Waals surface area contributed by atoms with Gasteiger partial charge in [-0.2, -0.15) is 0 Å². The van der Waals surface area contributed by atoms with Crippen LogP contribution in [0.25, 0.3) is 10.8 Å². The van der Waals surface area contributed by atoms with E-state index in [2.05, 4.69) is 53.8 Å². The number of nitrogens with one attached hydrogen (secondary N) is 1. The fraction of sp³-hybridized carbons (Fsp3) is 0.238. The molecule has 3 nitrogen and oxygen atoms in total. The van der Waals surface area contributed by atoms with Gasteiger partial charge in [-0.05, 0) is 40.5 Å². The Balaban J connectivity index is 1.83. The standard InChI is InChI=1S/C21H21NO2/c1-23-19-10-9-17-18(21(19)24-2)11-12-22-20(17)16-8-7-14-5-3-4-6-15(14)13-16/h3-10,13,20,22H,11-12H2,1-2H3. The zero-order chi connectivity index (χ0) is 16.5. The Bertz CT molecular complexity index is 888. The monoisotopic (exact) mass is 319 g/mol. The average Bonchev–Trinajstić information content (AvgIpc) is 2.66. The summed E-state index contributed by atoms with van der Waals surface area (Å²) in [7, 11) is 3.40. The minimum atomic E-state index is 0.179. The lowest BCUT2D eigenvalue weighted by Crippen LogP contribution is -2.31. The average molecular weight is 319 g/mol. The van der Waals surface area contributed by atoms with Crippen LogP contribution in [0.5, 0.6) is 11.5 Å². The Morgan fingerprint density at radius 2 is 1.75 bits per heavy atom. The molecule has 1 aliphatic heterocycles. The maximum atomic E-state index is 5.64. The number of fused-ring (bicyclic) bond motifs is 2. The van der Waals surface area contributed by atoms with Gasteiger partial charge in [-0.1, -0.05) is 42.5 Å². The Labute approximate surface area is 142 Å². The summed E-state index contributed by atoms with van der Waals surface area (Å²) in [4.78, 5) is 0. The van der Waals surface area contributed by atoms with Crippen LogP contribution in [0.15, 0.2) is 54.6 Å². The van der Waals surface area contributed by atoms with E-state index in [0.29, 0.717) is 0 Å². The van der Waals surface area contributed by atoms with Crippen LogP contribution in [0.3, 0.4) is 0 Å². The van der Waals surface area contributed by atoms with Crippen molar-refractivity contribution in [1.82, 2.24) is 5.32 Å². The summed E-state index contributed by atoms with van der Waals surface area (Å²) in [6, 6.07) is 19.5. The Kier molecular flexibility index (Phi) is 3.87. The highest BCUT2D eigenvalue weighted by molar-refractivity contribution is 5.83. The van der Waals surface area contributed by atoms with Gasteiger partial charge >= 0.3 is 0 Å². The number of ether oxygens (including phenoxy) is 2. The zero-order valence-electron chi connectivity index (χ0n) is 14.0. The molecule has 1 atom stereocenters. The molecule has 0 bridgehead atoms. The van der Waals surface area contributed by atoms with E-state index in [-0.39, 0.29) is 6.04 Å². The summed E-state index contributed by atoms with van der Waals surface area (Å²) in [5.41, 5.74) is 3.80. The van der Waals surface area contributed by atoms with E-state index >= 15 is 0 Å². The highest BCUT2D eigenvalue weighted by Crippen LogP contribution is 2.40. The van der Waals surface area contributed by atoms with Gasteiger partial charge in [0, 0.05) is 12.1 Å². The van der Waals surface area contributed by atoms with Crippen LogP contribution in [0.4, 0.5) is 0 Å². The van der Waals surface area contributed by atoms with Crippen molar-refractivity contribution < 1.29 is 9.47 Å². The molecule has 4 rings (SSSR count). The van der Waals surface area contributed by atoms with Gasteiger partial charge in [0.05, 0.1) is 20.3 Å². The molecule has 0 saturated carbocycles. The van der Waals surface area contributed by atoms with Crippen molar-refractivity contribution in [1.29, 1.82) is 0 Å². The second-order valence-electron chi connectivity index (χ2n) is 6.11. The van der Waals surface area contributed by atoms with Gasteiger partial charge in [-0.25, -0.2) is 0 Å². The molecular weight excluding hydrogens is 298 g/mol. The van der Waals surface area contributed by atoms with Gasteiger partial charge < -0.3 is 14.8 Å². The molecule has 0 aliphatic carbocycles. The third-order valence-electron chi connectivity index (χ3n) is 4.83. The lowest BCUT2D eigenvalue weighted by Gasteiger charge is -2.29. The van der Waals surface area contributed by atoms with E-state index in [1.54, 1.807) is 14.2 Å². The van der Waals surface area contributed by atoms with E-state index in [4.69, 9.17) is 9.47 Å². The first kappa shape index (κ1) is 15.0. The van der Waals surface area contributed by atoms with Crippen LogP contribution in [-0.2, 0) is 6.42 Å². The number of methoxy groups -OCH3 is 2. The highest BCUT2D eigenvalue weighted by atomic mass is 16.5. The number of hydrogen-bond acceptors (Lipinski definition) is 3. The minimum absolute atomic E-state index is 0.179. The summed E-state index contributed by atoms with van der Waals surface area (Å²) in [5.74, 6) is 1.66. The molecule has 122 valence electrons. The molecule has 3 heteroatoms. The topological polar surface area (TPSA) is 30.5 Å². The fourth-order valence-corrected chi connectivity index (χ4v) is 3.67. The van der Waals surface area contributed by atoms with Crippen LogP contribution in [0, 0.1) is 0 Å². The third kappa shape index (κ3) is 2.42. The van der Waals surface area contributed by atoms with Crippen LogP contribution in [-0.4, -0.2) is 20.8 Å². The van der Waals surface area contributed by atoms with E-state index in [1.807, 2.05) is 6.07 Å². The van der Waals surface area contributed by atoms with Crippen LogP contribution in [0.1, 0.15) is 22.7 Å². The van der Waals surface area contributed by atoms with Gasteiger partial charge in [0.1, 0.15) is 0 Å². The van der Waals surface area contributed by atoms with Crippen molar-refractivity contribution >= 4 is 10.8 Å². The smallest absolute Gasteiger partial charge is 0.164 e. The maximum absolute atomic E-state index is 5.64. The zero-order valence-corrected chi connectivity index (χ0v) is 14.0. The van der Waals surface area contributed by atoms with Gasteiger partial charge in [0.2, 0.25) is 0 Å². The molecular formula is C21H21NO2. The maximum Gasteiger partial charge on any atom is 0.164 e. The number of hydrogen-bond donors (Lipinski definition) is 1. The van der Waals surface area contributed by atoms with Crippen molar-refractivity contribution in [2.75, 3.05) is 20.8 Å². The summed E-state index contributed by atoms with van der Waals surface area (Å²) in [5, 5.41) is 6.18. The van der Waals surface area contributed by atoms with Gasteiger partial charge in [-0.15, -0.1) is 0 Å². The molecule has 0 fully saturated rings. The Morgan fingerprint density at radius 1 is 0.917 bits per heavy atom. The quantitative estimate of drug-likeness (QED) is 0.788. The van der Waals surface area contributed by atoms with Crippen molar-refractivity contribution in [2.45, 2.75) is 12.5 Å². The number of benzene rings is 3. The molecule has 0 aromatic heterocycles. The van der Waals surface area contributed by atoms with E-state index in [1.165, 1.54) is 27.5 Å². The first-order valence-corrected chi connectivity index (χ1v) is 8.27. The van der Waals surface area contributed by atoms with Crippen LogP contribution >= 0.6 is 0 Å². The summed E-state index contributed by atoms with van der Waals surface area (Å²) >= 11 is 0. The molecule has 0 spiro atoms. The predicted octanol–water partition coefficient (Wildman–Crippen LogP) is 4.09. The second-order valence-corrected chi connectivity index (χ2v) is 6.11. The SMILES string of the molecule is COc1ccc2c(c1OC)CCNC2c1ccc2ccccc2c1. The van der Waals surface area contributed by atoms with Crippen molar-refractivity contribution in [3.8, 4) is 11.5 Å². The number of rotatable bonds is 3.